The van der Waals surface area contributed by atoms with Gasteiger partial charge in [0.2, 0.25) is 0 Å². The van der Waals surface area contributed by atoms with Crippen molar-refractivity contribution < 1.29 is 9.13 Å². The Morgan fingerprint density at radius 2 is 2.12 bits per heavy atom. The Hall–Kier alpha value is -1.94. The Labute approximate surface area is 99.1 Å². The number of nitrogens with two attached hydrogens (primary N) is 1. The Kier molecular flexibility index (Phi) is 3.35. The highest BCUT2D eigenvalue weighted by Gasteiger charge is 2.08. The lowest BCUT2D eigenvalue weighted by molar-refractivity contribution is 0.415. The van der Waals surface area contributed by atoms with Gasteiger partial charge in [0, 0.05) is 18.3 Å². The summed E-state index contributed by atoms with van der Waals surface area (Å²) in [7, 11) is 1.55. The molecule has 0 saturated carbocycles. The lowest BCUT2D eigenvalue weighted by Crippen LogP contribution is -1.98. The third-order valence-corrected chi connectivity index (χ3v) is 2.50. The summed E-state index contributed by atoms with van der Waals surface area (Å²) in [5.41, 5.74) is 7.79. The minimum atomic E-state index is -0.319. The van der Waals surface area contributed by atoms with Crippen LogP contribution < -0.4 is 10.5 Å². The van der Waals surface area contributed by atoms with Crippen molar-refractivity contribution in [2.75, 3.05) is 7.11 Å². The average Bonchev–Trinajstić information content (AvgIpc) is 2.39. The Bertz CT molecular complexity index is 529. The van der Waals surface area contributed by atoms with Crippen molar-refractivity contribution in [1.82, 2.24) is 4.98 Å². The summed E-state index contributed by atoms with van der Waals surface area (Å²) in [5, 5.41) is 0. The predicted octanol–water partition coefficient (Wildman–Crippen LogP) is 2.36. The van der Waals surface area contributed by atoms with Crippen LogP contribution >= 0.6 is 0 Å². The van der Waals surface area contributed by atoms with Crippen LogP contribution in [0, 0.1) is 5.82 Å². The van der Waals surface area contributed by atoms with Gasteiger partial charge in [0.1, 0.15) is 11.6 Å². The van der Waals surface area contributed by atoms with E-state index in [0.717, 1.165) is 5.56 Å². The predicted molar refractivity (Wildman–Crippen MR) is 64.1 cm³/mol. The molecule has 0 fully saturated rings. The van der Waals surface area contributed by atoms with Crippen molar-refractivity contribution in [3.63, 3.8) is 0 Å². The van der Waals surface area contributed by atoms with Crippen molar-refractivity contribution in [2.24, 2.45) is 5.73 Å². The van der Waals surface area contributed by atoms with E-state index >= 15 is 0 Å². The second-order valence-electron chi connectivity index (χ2n) is 3.60. The number of ether oxygens (including phenoxy) is 1. The molecule has 1 aromatic carbocycles. The quantitative estimate of drug-likeness (QED) is 0.883. The maximum absolute atomic E-state index is 13.2. The number of pyridine rings is 1. The molecule has 4 heteroatoms. The summed E-state index contributed by atoms with van der Waals surface area (Å²) < 4.78 is 18.4. The molecule has 0 aliphatic carbocycles. The average molecular weight is 232 g/mol. The molecule has 88 valence electrons. The lowest BCUT2D eigenvalue weighted by Gasteiger charge is -2.08. The summed E-state index contributed by atoms with van der Waals surface area (Å²) in [5.74, 6) is 0.272. The van der Waals surface area contributed by atoms with Crippen molar-refractivity contribution in [1.29, 1.82) is 0 Å². The molecule has 0 radical (unpaired) electrons. The first-order valence-electron chi connectivity index (χ1n) is 5.23. The van der Waals surface area contributed by atoms with E-state index in [4.69, 9.17) is 10.5 Å². The summed E-state index contributed by atoms with van der Waals surface area (Å²) in [4.78, 5) is 4.21. The van der Waals surface area contributed by atoms with Crippen molar-refractivity contribution in [3.8, 4) is 17.0 Å². The molecule has 0 unspecified atom stereocenters. The number of halogens is 1. The van der Waals surface area contributed by atoms with Gasteiger partial charge in [-0.25, -0.2) is 4.39 Å². The molecule has 2 N–H and O–H groups in total. The zero-order chi connectivity index (χ0) is 12.3. The van der Waals surface area contributed by atoms with Gasteiger partial charge >= 0.3 is 0 Å². The molecule has 0 atom stereocenters. The number of rotatable bonds is 3. The van der Waals surface area contributed by atoms with Gasteiger partial charge in [0.15, 0.2) is 0 Å². The monoisotopic (exact) mass is 232 g/mol. The molecule has 0 aliphatic heterocycles. The second-order valence-corrected chi connectivity index (χ2v) is 3.60. The maximum Gasteiger partial charge on any atom is 0.128 e. The minimum Gasteiger partial charge on any atom is -0.496 e. The fourth-order valence-corrected chi connectivity index (χ4v) is 1.63. The summed E-state index contributed by atoms with van der Waals surface area (Å²) in [6.07, 6.45) is 1.65. The normalized spacial score (nSPS) is 10.3. The molecule has 1 heterocycles. The molecule has 2 aromatic rings. The molecule has 0 spiro atoms. The van der Waals surface area contributed by atoms with E-state index in [0.29, 0.717) is 23.6 Å². The topological polar surface area (TPSA) is 48.1 Å². The second kappa shape index (κ2) is 4.93. The fraction of sp³-hybridized carbons (Fsp3) is 0.154. The number of nitrogens with zero attached hydrogens (tertiary/aromatic N) is 1. The van der Waals surface area contributed by atoms with E-state index in [1.54, 1.807) is 19.4 Å². The number of hydrogen-bond donors (Lipinski definition) is 1. The highest BCUT2D eigenvalue weighted by atomic mass is 19.1. The molecule has 3 nitrogen and oxygen atoms in total. The molecule has 0 bridgehead atoms. The minimum absolute atomic E-state index is 0.319. The fourth-order valence-electron chi connectivity index (χ4n) is 1.63. The standard InChI is InChI=1S/C13H13FN2O/c1-17-13-3-2-10(14)7-11(13)12-6-9(8-15)4-5-16-12/h2-7H,8,15H2,1H3. The van der Waals surface area contributed by atoms with Gasteiger partial charge in [-0.15, -0.1) is 0 Å². The zero-order valence-electron chi connectivity index (χ0n) is 9.48. The number of hydrogen-bond acceptors (Lipinski definition) is 3. The van der Waals surface area contributed by atoms with Gasteiger partial charge in [-0.1, -0.05) is 0 Å². The Morgan fingerprint density at radius 3 is 2.82 bits per heavy atom. The third-order valence-electron chi connectivity index (χ3n) is 2.50. The van der Waals surface area contributed by atoms with Gasteiger partial charge in [-0.2, -0.15) is 0 Å². The molecule has 0 aliphatic rings. The van der Waals surface area contributed by atoms with Crippen LogP contribution in [-0.2, 0) is 6.54 Å². The van der Waals surface area contributed by atoms with Crippen LogP contribution in [-0.4, -0.2) is 12.1 Å². The van der Waals surface area contributed by atoms with Crippen LogP contribution in [0.2, 0.25) is 0 Å². The van der Waals surface area contributed by atoms with Crippen LogP contribution in [0.25, 0.3) is 11.3 Å². The number of methoxy groups -OCH3 is 1. The smallest absolute Gasteiger partial charge is 0.128 e. The van der Waals surface area contributed by atoms with E-state index in [-0.39, 0.29) is 5.82 Å². The van der Waals surface area contributed by atoms with Gasteiger partial charge in [-0.05, 0) is 35.9 Å². The third kappa shape index (κ3) is 2.42. The Morgan fingerprint density at radius 1 is 1.29 bits per heavy atom. The van der Waals surface area contributed by atoms with E-state index in [1.165, 1.54) is 12.1 Å². The van der Waals surface area contributed by atoms with Gasteiger partial charge < -0.3 is 10.5 Å². The lowest BCUT2D eigenvalue weighted by atomic mass is 10.1. The number of benzene rings is 1. The SMILES string of the molecule is COc1ccc(F)cc1-c1cc(CN)ccn1. The summed E-state index contributed by atoms with van der Waals surface area (Å²) in [6.45, 7) is 0.424. The Balaban J connectivity index is 2.54. The van der Waals surface area contributed by atoms with Crippen LogP contribution in [0.15, 0.2) is 36.5 Å². The van der Waals surface area contributed by atoms with Crippen LogP contribution in [0.1, 0.15) is 5.56 Å². The summed E-state index contributed by atoms with van der Waals surface area (Å²) in [6, 6.07) is 8.00. The molecule has 1 aromatic heterocycles. The highest BCUT2D eigenvalue weighted by molar-refractivity contribution is 5.67. The van der Waals surface area contributed by atoms with E-state index < -0.39 is 0 Å². The van der Waals surface area contributed by atoms with Gasteiger partial charge in [0.25, 0.3) is 0 Å². The van der Waals surface area contributed by atoms with E-state index in [1.807, 2.05) is 12.1 Å². The first kappa shape index (κ1) is 11.5. The largest absolute Gasteiger partial charge is 0.496 e. The molecular weight excluding hydrogens is 219 g/mol. The van der Waals surface area contributed by atoms with Crippen LogP contribution in [0.4, 0.5) is 4.39 Å². The first-order chi connectivity index (χ1) is 8.24. The number of aromatic nitrogens is 1. The van der Waals surface area contributed by atoms with Crippen molar-refractivity contribution >= 4 is 0 Å². The zero-order valence-corrected chi connectivity index (χ0v) is 9.48. The molecule has 2 rings (SSSR count). The molecule has 0 amide bonds. The summed E-state index contributed by atoms with van der Waals surface area (Å²) >= 11 is 0. The maximum atomic E-state index is 13.2. The highest BCUT2D eigenvalue weighted by Crippen LogP contribution is 2.29. The van der Waals surface area contributed by atoms with E-state index in [2.05, 4.69) is 4.98 Å². The van der Waals surface area contributed by atoms with E-state index in [9.17, 15) is 4.39 Å². The molecule has 0 saturated heterocycles. The van der Waals surface area contributed by atoms with Crippen molar-refractivity contribution in [2.45, 2.75) is 6.54 Å². The molecule has 17 heavy (non-hydrogen) atoms. The van der Waals surface area contributed by atoms with Gasteiger partial charge in [-0.3, -0.25) is 4.98 Å². The van der Waals surface area contributed by atoms with Crippen molar-refractivity contribution in [3.05, 3.63) is 47.9 Å². The first-order valence-corrected chi connectivity index (χ1v) is 5.23. The van der Waals surface area contributed by atoms with Crippen LogP contribution in [0.5, 0.6) is 5.75 Å². The molecular formula is C13H13FN2O. The van der Waals surface area contributed by atoms with Gasteiger partial charge in [0.05, 0.1) is 12.8 Å². The van der Waals surface area contributed by atoms with Crippen LogP contribution in [0.3, 0.4) is 0 Å².